The van der Waals surface area contributed by atoms with Crippen molar-refractivity contribution in [3.63, 3.8) is 0 Å². The highest BCUT2D eigenvalue weighted by molar-refractivity contribution is 9.10. The van der Waals surface area contributed by atoms with Gasteiger partial charge in [0.1, 0.15) is 11.6 Å². The minimum Gasteiger partial charge on any atom is -0.353 e. The topological polar surface area (TPSA) is 58.0 Å². The van der Waals surface area contributed by atoms with Gasteiger partial charge in [-0.1, -0.05) is 20.8 Å². The van der Waals surface area contributed by atoms with E-state index in [9.17, 15) is 0 Å². The fraction of sp³-hybridized carbons (Fsp3) is 0.579. The van der Waals surface area contributed by atoms with Crippen molar-refractivity contribution < 1.29 is 0 Å². The maximum atomic E-state index is 5.01. The first-order valence-electron chi connectivity index (χ1n) is 9.29. The van der Waals surface area contributed by atoms with E-state index in [1.807, 2.05) is 12.4 Å². The third kappa shape index (κ3) is 3.41. The van der Waals surface area contributed by atoms with Crippen LogP contribution in [0.3, 0.4) is 0 Å². The Labute approximate surface area is 163 Å². The van der Waals surface area contributed by atoms with Crippen LogP contribution < -0.4 is 9.80 Å². The predicted molar refractivity (Wildman–Crippen MR) is 107 cm³/mol. The summed E-state index contributed by atoms with van der Waals surface area (Å²) in [7, 11) is 0. The minimum atomic E-state index is -0.0283. The Bertz CT molecular complexity index is 791. The molecular weight excluding hydrogens is 392 g/mol. The molecule has 0 unspecified atom stereocenters. The molecule has 2 aromatic heterocycles. The number of rotatable bonds is 2. The normalized spacial score (nSPS) is 17.5. The summed E-state index contributed by atoms with van der Waals surface area (Å²) in [6, 6.07) is 0. The zero-order valence-corrected chi connectivity index (χ0v) is 17.3. The van der Waals surface area contributed by atoms with Gasteiger partial charge >= 0.3 is 0 Å². The van der Waals surface area contributed by atoms with Gasteiger partial charge in [-0.25, -0.2) is 19.9 Å². The Hall–Kier alpha value is -1.76. The maximum absolute atomic E-state index is 5.01. The molecule has 1 aliphatic heterocycles. The van der Waals surface area contributed by atoms with Crippen LogP contribution in [-0.2, 0) is 18.3 Å². The molecule has 2 aliphatic rings. The Morgan fingerprint density at radius 2 is 1.58 bits per heavy atom. The van der Waals surface area contributed by atoms with Crippen LogP contribution in [0.2, 0.25) is 0 Å². The van der Waals surface area contributed by atoms with Gasteiger partial charge in [0, 0.05) is 55.2 Å². The van der Waals surface area contributed by atoms with Gasteiger partial charge in [-0.05, 0) is 35.2 Å². The van der Waals surface area contributed by atoms with Crippen LogP contribution in [0, 0.1) is 0 Å². The maximum Gasteiger partial charge on any atom is 0.225 e. The molecule has 1 aliphatic carbocycles. The molecule has 0 atom stereocenters. The standard InChI is InChI=1S/C19H25BrN6/c1-19(2,3)17-23-15-6-4-5-14(15)16(24-17)25-7-9-26(10-8-25)18-21-11-13(20)12-22-18/h11-12H,4-10H2,1-3H3. The van der Waals surface area contributed by atoms with E-state index in [4.69, 9.17) is 9.97 Å². The van der Waals surface area contributed by atoms with Crippen molar-refractivity contribution in [1.82, 2.24) is 19.9 Å². The van der Waals surface area contributed by atoms with E-state index >= 15 is 0 Å². The van der Waals surface area contributed by atoms with E-state index in [1.165, 1.54) is 17.7 Å². The smallest absolute Gasteiger partial charge is 0.225 e. The van der Waals surface area contributed by atoms with Crippen LogP contribution in [0.1, 0.15) is 44.3 Å². The van der Waals surface area contributed by atoms with Gasteiger partial charge in [-0.15, -0.1) is 0 Å². The fourth-order valence-corrected chi connectivity index (χ4v) is 3.80. The molecular formula is C19H25BrN6. The average molecular weight is 417 g/mol. The zero-order chi connectivity index (χ0) is 18.3. The molecule has 1 fully saturated rings. The van der Waals surface area contributed by atoms with Crippen molar-refractivity contribution in [3.05, 3.63) is 33.9 Å². The second kappa shape index (κ2) is 6.76. The molecule has 0 N–H and O–H groups in total. The van der Waals surface area contributed by atoms with Crippen molar-refractivity contribution in [2.45, 2.75) is 45.4 Å². The Kier molecular flexibility index (Phi) is 4.59. The lowest BCUT2D eigenvalue weighted by atomic mass is 9.95. The molecule has 4 rings (SSSR count). The summed E-state index contributed by atoms with van der Waals surface area (Å²) in [5.41, 5.74) is 2.60. The van der Waals surface area contributed by atoms with E-state index in [0.29, 0.717) is 0 Å². The van der Waals surface area contributed by atoms with Crippen molar-refractivity contribution in [3.8, 4) is 0 Å². The molecule has 1 saturated heterocycles. The molecule has 138 valence electrons. The number of hydrogen-bond donors (Lipinski definition) is 0. The van der Waals surface area contributed by atoms with Gasteiger partial charge in [-0.2, -0.15) is 0 Å². The second-order valence-corrected chi connectivity index (χ2v) is 8.99. The van der Waals surface area contributed by atoms with Crippen LogP contribution in [0.25, 0.3) is 0 Å². The highest BCUT2D eigenvalue weighted by Gasteiger charge is 2.29. The van der Waals surface area contributed by atoms with Crippen LogP contribution in [0.15, 0.2) is 16.9 Å². The van der Waals surface area contributed by atoms with Crippen LogP contribution in [0.4, 0.5) is 11.8 Å². The summed E-state index contributed by atoms with van der Waals surface area (Å²) in [6.07, 6.45) is 6.99. The highest BCUT2D eigenvalue weighted by atomic mass is 79.9. The third-order valence-corrected chi connectivity index (χ3v) is 5.46. The largest absolute Gasteiger partial charge is 0.353 e. The Morgan fingerprint density at radius 3 is 2.23 bits per heavy atom. The molecule has 3 heterocycles. The Balaban J connectivity index is 1.56. The van der Waals surface area contributed by atoms with Gasteiger partial charge in [0.15, 0.2) is 0 Å². The Morgan fingerprint density at radius 1 is 0.923 bits per heavy atom. The van der Waals surface area contributed by atoms with Gasteiger partial charge in [-0.3, -0.25) is 0 Å². The van der Waals surface area contributed by atoms with Crippen LogP contribution in [-0.4, -0.2) is 46.1 Å². The summed E-state index contributed by atoms with van der Waals surface area (Å²) < 4.78 is 0.908. The molecule has 0 aromatic carbocycles. The lowest BCUT2D eigenvalue weighted by Gasteiger charge is -2.36. The minimum absolute atomic E-state index is 0.0283. The number of fused-ring (bicyclic) bond motifs is 1. The average Bonchev–Trinajstić information content (AvgIpc) is 3.10. The summed E-state index contributed by atoms with van der Waals surface area (Å²) in [5, 5.41) is 0. The van der Waals surface area contributed by atoms with E-state index < -0.39 is 0 Å². The molecule has 26 heavy (non-hydrogen) atoms. The quantitative estimate of drug-likeness (QED) is 0.749. The first-order valence-corrected chi connectivity index (χ1v) is 10.1. The lowest BCUT2D eigenvalue weighted by Crippen LogP contribution is -2.48. The van der Waals surface area contributed by atoms with Gasteiger partial charge in [0.2, 0.25) is 5.95 Å². The number of hydrogen-bond acceptors (Lipinski definition) is 6. The summed E-state index contributed by atoms with van der Waals surface area (Å²) in [5.74, 6) is 2.93. The number of aryl methyl sites for hydroxylation is 1. The number of anilines is 2. The van der Waals surface area contributed by atoms with Gasteiger partial charge in [0.05, 0.1) is 4.47 Å². The highest BCUT2D eigenvalue weighted by Crippen LogP contribution is 2.32. The van der Waals surface area contributed by atoms with Crippen LogP contribution in [0.5, 0.6) is 0 Å². The van der Waals surface area contributed by atoms with Crippen molar-refractivity contribution >= 4 is 27.7 Å². The molecule has 0 bridgehead atoms. The first-order chi connectivity index (χ1) is 12.4. The van der Waals surface area contributed by atoms with Crippen molar-refractivity contribution in [1.29, 1.82) is 0 Å². The SMILES string of the molecule is CC(C)(C)c1nc2c(c(N3CCN(c4ncc(Br)cn4)CC3)n1)CCC2. The van der Waals surface area contributed by atoms with Crippen molar-refractivity contribution in [2.24, 2.45) is 0 Å². The number of nitrogens with zero attached hydrogens (tertiary/aromatic N) is 6. The second-order valence-electron chi connectivity index (χ2n) is 8.07. The lowest BCUT2D eigenvalue weighted by molar-refractivity contribution is 0.538. The summed E-state index contributed by atoms with van der Waals surface area (Å²) >= 11 is 3.39. The monoisotopic (exact) mass is 416 g/mol. The predicted octanol–water partition coefficient (Wildman–Crippen LogP) is 3.14. The molecule has 0 spiro atoms. The molecule has 0 saturated carbocycles. The first kappa shape index (κ1) is 17.6. The number of aromatic nitrogens is 4. The molecule has 0 amide bonds. The molecule has 6 nitrogen and oxygen atoms in total. The third-order valence-electron chi connectivity index (χ3n) is 5.05. The van der Waals surface area contributed by atoms with E-state index in [-0.39, 0.29) is 5.41 Å². The summed E-state index contributed by atoms with van der Waals surface area (Å²) in [4.78, 5) is 23.4. The molecule has 0 radical (unpaired) electrons. The molecule has 7 heteroatoms. The van der Waals surface area contributed by atoms with Gasteiger partial charge < -0.3 is 9.80 Å². The number of halogens is 1. The van der Waals surface area contributed by atoms with Crippen molar-refractivity contribution in [2.75, 3.05) is 36.0 Å². The molecule has 2 aromatic rings. The van der Waals surface area contributed by atoms with Crippen LogP contribution >= 0.6 is 15.9 Å². The zero-order valence-electron chi connectivity index (χ0n) is 15.7. The fourth-order valence-electron chi connectivity index (χ4n) is 3.60. The van der Waals surface area contributed by atoms with E-state index in [1.54, 1.807) is 0 Å². The number of piperazine rings is 1. The summed E-state index contributed by atoms with van der Waals surface area (Å²) in [6.45, 7) is 10.3. The van der Waals surface area contributed by atoms with E-state index in [2.05, 4.69) is 56.5 Å². The van der Waals surface area contributed by atoms with Gasteiger partial charge in [0.25, 0.3) is 0 Å². The van der Waals surface area contributed by atoms with E-state index in [0.717, 1.165) is 61.1 Å².